The van der Waals surface area contributed by atoms with Crippen LogP contribution in [0.25, 0.3) is 10.8 Å². The van der Waals surface area contributed by atoms with Gasteiger partial charge in [-0.3, -0.25) is 14.5 Å². The Morgan fingerprint density at radius 3 is 1.81 bits per heavy atom. The molecule has 0 spiro atoms. The molecule has 4 heteroatoms. The first-order chi connectivity index (χ1) is 10.0. The van der Waals surface area contributed by atoms with E-state index in [1.807, 2.05) is 36.4 Å². The maximum atomic E-state index is 12.7. The van der Waals surface area contributed by atoms with Gasteiger partial charge in [0, 0.05) is 5.54 Å². The lowest BCUT2D eigenvalue weighted by Gasteiger charge is -2.70. The molecule has 0 atom stereocenters. The minimum absolute atomic E-state index is 0.125. The van der Waals surface area contributed by atoms with Gasteiger partial charge in [-0.05, 0) is 42.2 Å². The molecule has 2 aromatic carbocycles. The van der Waals surface area contributed by atoms with Crippen molar-refractivity contribution in [2.45, 2.75) is 30.3 Å². The van der Waals surface area contributed by atoms with Crippen molar-refractivity contribution in [1.29, 1.82) is 0 Å². The zero-order valence-corrected chi connectivity index (χ0v) is 11.4. The smallest absolute Gasteiger partial charge is 0.262 e. The molecular formula is C17H14N2O2. The molecule has 6 rings (SSSR count). The Morgan fingerprint density at radius 2 is 1.38 bits per heavy atom. The van der Waals surface area contributed by atoms with E-state index in [4.69, 9.17) is 5.73 Å². The molecule has 1 heterocycles. The molecular weight excluding hydrogens is 264 g/mol. The number of nitrogens with two attached hydrogens (primary N) is 1. The van der Waals surface area contributed by atoms with Crippen molar-refractivity contribution in [3.8, 4) is 0 Å². The first-order valence-corrected chi connectivity index (χ1v) is 7.22. The van der Waals surface area contributed by atoms with Crippen molar-refractivity contribution >= 4 is 22.6 Å². The molecule has 0 aromatic heterocycles. The van der Waals surface area contributed by atoms with Crippen LogP contribution in [-0.4, -0.2) is 27.8 Å². The standard InChI is InChI=1S/C17H14N2O2/c18-16-7-17(8-16,9-16)19-14(20)12-5-10-3-1-2-4-11(10)6-13(12)15(19)21/h1-6H,7-9,18H2. The van der Waals surface area contributed by atoms with E-state index >= 15 is 0 Å². The molecule has 4 nitrogen and oxygen atoms in total. The third-order valence-corrected chi connectivity index (χ3v) is 5.27. The average molecular weight is 278 g/mol. The van der Waals surface area contributed by atoms with Crippen molar-refractivity contribution in [3.05, 3.63) is 47.5 Å². The summed E-state index contributed by atoms with van der Waals surface area (Å²) >= 11 is 0. The molecule has 104 valence electrons. The van der Waals surface area contributed by atoms with Crippen LogP contribution in [0.4, 0.5) is 0 Å². The number of rotatable bonds is 1. The number of hydrogen-bond donors (Lipinski definition) is 1. The molecule has 3 saturated carbocycles. The van der Waals surface area contributed by atoms with Crippen LogP contribution >= 0.6 is 0 Å². The number of amides is 2. The Hall–Kier alpha value is -2.20. The van der Waals surface area contributed by atoms with Crippen LogP contribution in [0.3, 0.4) is 0 Å². The summed E-state index contributed by atoms with van der Waals surface area (Å²) in [5.41, 5.74) is 6.72. The van der Waals surface area contributed by atoms with Gasteiger partial charge in [0.2, 0.25) is 0 Å². The largest absolute Gasteiger partial charge is 0.325 e. The number of nitrogens with zero attached hydrogens (tertiary/aromatic N) is 1. The van der Waals surface area contributed by atoms with E-state index in [1.165, 1.54) is 4.90 Å². The van der Waals surface area contributed by atoms with Gasteiger partial charge in [-0.25, -0.2) is 0 Å². The quantitative estimate of drug-likeness (QED) is 0.812. The fourth-order valence-electron chi connectivity index (χ4n) is 4.41. The molecule has 3 fully saturated rings. The molecule has 2 amide bonds. The Morgan fingerprint density at radius 1 is 0.905 bits per heavy atom. The second-order valence-electron chi connectivity index (χ2n) is 6.81. The molecule has 3 aliphatic carbocycles. The Kier molecular flexibility index (Phi) is 1.73. The highest BCUT2D eigenvalue weighted by Crippen LogP contribution is 2.63. The van der Waals surface area contributed by atoms with Crippen LogP contribution in [0.15, 0.2) is 36.4 Å². The minimum Gasteiger partial charge on any atom is -0.325 e. The van der Waals surface area contributed by atoms with Crippen LogP contribution < -0.4 is 5.73 Å². The SMILES string of the molecule is NC12CC(N3C(=O)c4cc5ccccc5cc4C3=O)(C1)C2. The van der Waals surface area contributed by atoms with Gasteiger partial charge in [-0.2, -0.15) is 0 Å². The topological polar surface area (TPSA) is 63.4 Å². The Bertz CT molecular complexity index is 781. The zero-order chi connectivity index (χ0) is 14.4. The number of carbonyl (C=O) groups is 2. The molecule has 0 saturated heterocycles. The summed E-state index contributed by atoms with van der Waals surface area (Å²) in [5.74, 6) is -0.301. The number of carbonyl (C=O) groups excluding carboxylic acids is 2. The monoisotopic (exact) mass is 278 g/mol. The van der Waals surface area contributed by atoms with E-state index < -0.39 is 0 Å². The summed E-state index contributed by atoms with van der Waals surface area (Å²) in [6, 6.07) is 11.5. The van der Waals surface area contributed by atoms with E-state index in [0.717, 1.165) is 30.0 Å². The highest BCUT2D eigenvalue weighted by Gasteiger charge is 2.71. The molecule has 0 radical (unpaired) electrons. The summed E-state index contributed by atoms with van der Waals surface area (Å²) in [7, 11) is 0. The summed E-state index contributed by atoms with van der Waals surface area (Å²) in [4.78, 5) is 26.8. The van der Waals surface area contributed by atoms with Crippen molar-refractivity contribution in [2.75, 3.05) is 0 Å². The predicted octanol–water partition coefficient (Wildman–Crippen LogP) is 2.07. The first-order valence-electron chi connectivity index (χ1n) is 7.22. The summed E-state index contributed by atoms with van der Waals surface area (Å²) in [6.45, 7) is 0. The number of benzene rings is 2. The third-order valence-electron chi connectivity index (χ3n) is 5.27. The van der Waals surface area contributed by atoms with Crippen LogP contribution in [0.5, 0.6) is 0 Å². The van der Waals surface area contributed by atoms with Crippen LogP contribution in [0.2, 0.25) is 0 Å². The molecule has 21 heavy (non-hydrogen) atoms. The Labute approximate surface area is 121 Å². The fourth-order valence-corrected chi connectivity index (χ4v) is 4.41. The molecule has 0 unspecified atom stereocenters. The summed E-state index contributed by atoms with van der Waals surface area (Å²) in [6.07, 6.45) is 2.26. The zero-order valence-electron chi connectivity index (χ0n) is 11.4. The lowest BCUT2D eigenvalue weighted by atomic mass is 9.44. The lowest BCUT2D eigenvalue weighted by Crippen LogP contribution is -2.82. The van der Waals surface area contributed by atoms with Crippen molar-refractivity contribution < 1.29 is 9.59 Å². The van der Waals surface area contributed by atoms with Crippen LogP contribution in [0, 0.1) is 0 Å². The van der Waals surface area contributed by atoms with E-state index in [2.05, 4.69) is 0 Å². The summed E-state index contributed by atoms with van der Waals surface area (Å²) < 4.78 is 0. The average Bonchev–Trinajstić information content (AvgIpc) is 2.64. The van der Waals surface area contributed by atoms with Gasteiger partial charge in [-0.15, -0.1) is 0 Å². The second-order valence-corrected chi connectivity index (χ2v) is 6.81. The van der Waals surface area contributed by atoms with Gasteiger partial charge in [0.05, 0.1) is 16.7 Å². The third kappa shape index (κ3) is 1.20. The number of imide groups is 1. The minimum atomic E-state index is -0.297. The van der Waals surface area contributed by atoms with Crippen molar-refractivity contribution in [1.82, 2.24) is 4.90 Å². The maximum Gasteiger partial charge on any atom is 0.262 e. The highest BCUT2D eigenvalue weighted by molar-refractivity contribution is 6.23. The summed E-state index contributed by atoms with van der Waals surface area (Å²) in [5, 5.41) is 1.99. The second kappa shape index (κ2) is 3.17. The lowest BCUT2D eigenvalue weighted by molar-refractivity contribution is -0.126. The van der Waals surface area contributed by atoms with E-state index in [9.17, 15) is 9.59 Å². The molecule has 2 aromatic rings. The van der Waals surface area contributed by atoms with Crippen molar-refractivity contribution in [3.63, 3.8) is 0 Å². The van der Waals surface area contributed by atoms with Crippen molar-refractivity contribution in [2.24, 2.45) is 5.73 Å². The molecule has 2 bridgehead atoms. The first kappa shape index (κ1) is 11.5. The molecule has 2 N–H and O–H groups in total. The number of hydrogen-bond acceptors (Lipinski definition) is 3. The van der Waals surface area contributed by atoms with E-state index in [-0.39, 0.29) is 22.9 Å². The maximum absolute atomic E-state index is 12.7. The van der Waals surface area contributed by atoms with Gasteiger partial charge < -0.3 is 5.73 Å². The van der Waals surface area contributed by atoms with Gasteiger partial charge in [0.15, 0.2) is 0 Å². The van der Waals surface area contributed by atoms with Gasteiger partial charge in [0.1, 0.15) is 0 Å². The van der Waals surface area contributed by atoms with Gasteiger partial charge in [0.25, 0.3) is 11.8 Å². The Balaban J connectivity index is 1.66. The highest BCUT2D eigenvalue weighted by atomic mass is 16.2. The van der Waals surface area contributed by atoms with Crippen LogP contribution in [-0.2, 0) is 0 Å². The van der Waals surface area contributed by atoms with Crippen LogP contribution in [0.1, 0.15) is 40.0 Å². The van der Waals surface area contributed by atoms with Gasteiger partial charge in [-0.1, -0.05) is 24.3 Å². The normalized spacial score (nSPS) is 32.9. The predicted molar refractivity (Wildman–Crippen MR) is 77.9 cm³/mol. The van der Waals surface area contributed by atoms with E-state index in [1.54, 1.807) is 0 Å². The fraction of sp³-hybridized carbons (Fsp3) is 0.294. The molecule has 4 aliphatic rings. The molecule has 1 aliphatic heterocycles. The van der Waals surface area contributed by atoms with E-state index in [0.29, 0.717) is 11.1 Å². The number of fused-ring (bicyclic) bond motifs is 2. The van der Waals surface area contributed by atoms with Gasteiger partial charge >= 0.3 is 0 Å².